The molecule has 0 fully saturated rings. The molecule has 0 aromatic carbocycles. The van der Waals surface area contributed by atoms with Crippen LogP contribution in [0.5, 0.6) is 0 Å². The molecule has 6 nitrogen and oxygen atoms in total. The number of nitrogens with zero attached hydrogens (tertiary/aromatic N) is 1. The molecule has 0 rings (SSSR count). The summed E-state index contributed by atoms with van der Waals surface area (Å²) in [6, 6.07) is 0. The minimum Gasteiger partial charge on any atom is -0.550 e. The first-order valence-corrected chi connectivity index (χ1v) is 1.46. The van der Waals surface area contributed by atoms with E-state index in [4.69, 9.17) is 25.2 Å². The maximum absolute atomic E-state index is 8.89. The maximum Gasteiger partial charge on any atom is 2.00 e. The number of aliphatic carboxylic acids is 1. The van der Waals surface area contributed by atoms with Crippen molar-refractivity contribution in [1.29, 1.82) is 0 Å². The van der Waals surface area contributed by atoms with Crippen LogP contribution in [0.3, 0.4) is 0 Å². The van der Waals surface area contributed by atoms with E-state index in [1.807, 2.05) is 0 Å². The van der Waals surface area contributed by atoms with E-state index in [0.29, 0.717) is 0 Å². The molecule has 0 aliphatic rings. The van der Waals surface area contributed by atoms with Gasteiger partial charge in [-0.2, -0.15) is 0 Å². The molecule has 0 amide bonds. The predicted molar refractivity (Wildman–Crippen MR) is 21.0 cm³/mol. The summed E-state index contributed by atoms with van der Waals surface area (Å²) in [4.78, 5) is 17.1. The van der Waals surface area contributed by atoms with Gasteiger partial charge in [-0.1, -0.05) is 0 Å². The third-order valence-corrected chi connectivity index (χ3v) is 0. The molecule has 0 saturated carbocycles. The number of rotatable bonds is 0. The molecular formula is C2H3Co2NO5+2. The third-order valence-electron chi connectivity index (χ3n) is 0. The molecule has 0 unspecified atom stereocenters. The number of carbonyl (C=O) groups is 1. The average molecular weight is 239 g/mol. The average Bonchev–Trinajstić information content (AvgIpc) is 1.25. The van der Waals surface area contributed by atoms with Crippen LogP contribution in [0.1, 0.15) is 6.92 Å². The molecule has 0 aliphatic carbocycles. The summed E-state index contributed by atoms with van der Waals surface area (Å²) >= 11 is 0. The second-order valence-electron chi connectivity index (χ2n) is 0.715. The van der Waals surface area contributed by atoms with Gasteiger partial charge in [-0.25, -0.2) is 0 Å². The van der Waals surface area contributed by atoms with Gasteiger partial charge in [0.2, 0.25) is 0 Å². The number of carbonyl (C=O) groups excluding carboxylic acids is 1. The van der Waals surface area contributed by atoms with E-state index < -0.39 is 11.1 Å². The van der Waals surface area contributed by atoms with E-state index in [2.05, 4.69) is 0 Å². The van der Waals surface area contributed by atoms with Gasteiger partial charge in [-0.3, -0.25) is 0 Å². The Balaban J connectivity index is -0.0000000300. The normalized spacial score (nSPS) is 4.90. The molecule has 0 heterocycles. The molecule has 0 saturated heterocycles. The van der Waals surface area contributed by atoms with Gasteiger partial charge in [-0.15, -0.1) is 0 Å². The Morgan fingerprint density at radius 3 is 1.30 bits per heavy atom. The summed E-state index contributed by atoms with van der Waals surface area (Å²) in [5.41, 5.74) is 0. The third kappa shape index (κ3) is 3410. The first-order valence-electron chi connectivity index (χ1n) is 1.46. The van der Waals surface area contributed by atoms with Gasteiger partial charge in [0.25, 0.3) is 0 Å². The molecule has 62 valence electrons. The Labute approximate surface area is 77.1 Å². The van der Waals surface area contributed by atoms with Gasteiger partial charge in [0.1, 0.15) is 0 Å². The molecule has 10 heavy (non-hydrogen) atoms. The van der Waals surface area contributed by atoms with Crippen LogP contribution >= 0.6 is 0 Å². The Hall–Kier alpha value is -0.317. The van der Waals surface area contributed by atoms with Crippen LogP contribution < -0.4 is 5.11 Å². The fourth-order valence-corrected chi connectivity index (χ4v) is 0. The smallest absolute Gasteiger partial charge is 0.550 e. The first-order chi connectivity index (χ1) is 3.46. The van der Waals surface area contributed by atoms with Crippen LogP contribution in [0.15, 0.2) is 0 Å². The summed E-state index contributed by atoms with van der Waals surface area (Å²) in [6.07, 6.45) is 0. The molecule has 0 aliphatic heterocycles. The van der Waals surface area contributed by atoms with Gasteiger partial charge < -0.3 is 25.2 Å². The number of hydrogen-bond donors (Lipinski definition) is 0. The summed E-state index contributed by atoms with van der Waals surface area (Å²) < 4.78 is 0. The maximum atomic E-state index is 8.89. The Morgan fingerprint density at radius 2 is 1.30 bits per heavy atom. The standard InChI is InChI=1S/C2H4O2.2Co.NO3/c1-2(3)4;;;2-1(3)4/h1H3,(H,3,4);;;/q;2*+2;-1/p-1. The van der Waals surface area contributed by atoms with Crippen molar-refractivity contribution in [3.8, 4) is 0 Å². The van der Waals surface area contributed by atoms with Crippen LogP contribution in [0.4, 0.5) is 0 Å². The largest absolute Gasteiger partial charge is 2.00 e. The molecule has 0 aromatic rings. The van der Waals surface area contributed by atoms with E-state index in [1.54, 1.807) is 0 Å². The van der Waals surface area contributed by atoms with Crippen LogP contribution in [-0.4, -0.2) is 11.1 Å². The number of carboxylic acid groups (broad SMARTS) is 1. The second kappa shape index (κ2) is 15.9. The van der Waals surface area contributed by atoms with E-state index in [9.17, 15) is 0 Å². The van der Waals surface area contributed by atoms with Crippen molar-refractivity contribution in [2.75, 3.05) is 0 Å². The molecule has 0 aromatic heterocycles. The molecule has 0 atom stereocenters. The SMILES string of the molecule is CC(=O)[O-].O=[N+]([O-])[O-].[Co+2].[Co+2]. The van der Waals surface area contributed by atoms with E-state index in [-0.39, 0.29) is 33.6 Å². The van der Waals surface area contributed by atoms with Crippen molar-refractivity contribution in [1.82, 2.24) is 0 Å². The van der Waals surface area contributed by atoms with E-state index in [1.165, 1.54) is 0 Å². The first kappa shape index (κ1) is 22.6. The molecule has 0 N–H and O–H groups in total. The van der Waals surface area contributed by atoms with Gasteiger partial charge in [-0.05, 0) is 6.92 Å². The van der Waals surface area contributed by atoms with Crippen molar-refractivity contribution >= 4 is 5.97 Å². The Morgan fingerprint density at radius 1 is 1.30 bits per heavy atom. The topological polar surface area (TPSA) is 106 Å². The Kier molecular flexibility index (Phi) is 35.9. The van der Waals surface area contributed by atoms with Crippen molar-refractivity contribution < 1.29 is 48.5 Å². The molecule has 8 heteroatoms. The van der Waals surface area contributed by atoms with E-state index >= 15 is 0 Å². The summed E-state index contributed by atoms with van der Waals surface area (Å²) in [7, 11) is 0. The van der Waals surface area contributed by atoms with Gasteiger partial charge >= 0.3 is 33.6 Å². The van der Waals surface area contributed by atoms with Crippen LogP contribution in [0.25, 0.3) is 0 Å². The van der Waals surface area contributed by atoms with Gasteiger partial charge in [0.05, 0.1) is 5.09 Å². The van der Waals surface area contributed by atoms with Gasteiger partial charge in [0.15, 0.2) is 0 Å². The van der Waals surface area contributed by atoms with E-state index in [0.717, 1.165) is 6.92 Å². The quantitative estimate of drug-likeness (QED) is 0.378. The number of hydrogen-bond acceptors (Lipinski definition) is 5. The summed E-state index contributed by atoms with van der Waals surface area (Å²) in [5, 5.41) is 23.6. The zero-order valence-corrected chi connectivity index (χ0v) is 6.74. The van der Waals surface area contributed by atoms with Crippen molar-refractivity contribution in [2.45, 2.75) is 6.92 Å². The summed E-state index contributed by atoms with van der Waals surface area (Å²) in [6.45, 7) is 0.972. The second-order valence-corrected chi connectivity index (χ2v) is 0.715. The fraction of sp³-hybridized carbons (Fsp3) is 0.500. The van der Waals surface area contributed by atoms with Crippen LogP contribution in [0.2, 0.25) is 0 Å². The van der Waals surface area contributed by atoms with Crippen LogP contribution in [-0.2, 0) is 38.4 Å². The molecule has 2 radical (unpaired) electrons. The fourth-order valence-electron chi connectivity index (χ4n) is 0. The number of carboxylic acids is 1. The van der Waals surface area contributed by atoms with Crippen molar-refractivity contribution in [2.24, 2.45) is 0 Å². The monoisotopic (exact) mass is 239 g/mol. The Bertz CT molecular complexity index is 75.6. The van der Waals surface area contributed by atoms with Crippen molar-refractivity contribution in [3.05, 3.63) is 15.3 Å². The van der Waals surface area contributed by atoms with Gasteiger partial charge in [0, 0.05) is 5.97 Å². The molecule has 0 bridgehead atoms. The molecule has 0 spiro atoms. The zero-order chi connectivity index (χ0) is 7.15. The molecular weight excluding hydrogens is 236 g/mol. The minimum atomic E-state index is -1.75. The van der Waals surface area contributed by atoms with Crippen molar-refractivity contribution in [3.63, 3.8) is 0 Å². The minimum absolute atomic E-state index is 0. The summed E-state index contributed by atoms with van der Waals surface area (Å²) in [5.74, 6) is -1.08. The zero-order valence-electron chi connectivity index (χ0n) is 4.66. The van der Waals surface area contributed by atoms with Crippen LogP contribution in [0, 0.1) is 15.3 Å². The predicted octanol–water partition coefficient (Wildman–Crippen LogP) is -1.49.